The fraction of sp³-hybridized carbons (Fsp3) is 0.241. The van der Waals surface area contributed by atoms with E-state index < -0.39 is 80.4 Å². The van der Waals surface area contributed by atoms with Crippen LogP contribution in [0.1, 0.15) is 40.2 Å². The lowest BCUT2D eigenvalue weighted by Gasteiger charge is -2.23. The molecule has 2 aliphatic carbocycles. The number of carbonyl (C=O) groups is 4. The van der Waals surface area contributed by atoms with Gasteiger partial charge in [-0.25, -0.2) is 13.2 Å². The van der Waals surface area contributed by atoms with E-state index in [9.17, 15) is 41.1 Å². The number of anilines is 3. The number of rotatable bonds is 7. The predicted octanol–water partition coefficient (Wildman–Crippen LogP) is 7.47. The Bertz CT molecular complexity index is 1760. The summed E-state index contributed by atoms with van der Waals surface area (Å²) in [6, 6.07) is 7.46. The molecule has 2 atom stereocenters. The highest BCUT2D eigenvalue weighted by Crippen LogP contribution is 2.65. The van der Waals surface area contributed by atoms with Gasteiger partial charge in [-0.3, -0.25) is 19.2 Å². The lowest BCUT2D eigenvalue weighted by atomic mass is 9.83. The summed E-state index contributed by atoms with van der Waals surface area (Å²) in [5.74, 6) is -9.83. The number of Topliss-reactive ketones (excluding diaryl/α,β-unsaturated/α-hetero) is 1. The summed E-state index contributed by atoms with van der Waals surface area (Å²) in [7, 11) is 0. The van der Waals surface area contributed by atoms with Gasteiger partial charge in [0.25, 0.3) is 5.91 Å². The van der Waals surface area contributed by atoms with Crippen molar-refractivity contribution in [2.24, 2.45) is 11.8 Å². The van der Waals surface area contributed by atoms with Gasteiger partial charge >= 0.3 is 6.18 Å². The number of nitrogens with one attached hydrogen (secondary N) is 3. The molecule has 1 unspecified atom stereocenters. The Kier molecular flexibility index (Phi) is 8.58. The average molecular weight is 693 g/mol. The third-order valence-electron chi connectivity index (χ3n) is 7.38. The monoisotopic (exact) mass is 691 g/mol. The first-order valence-electron chi connectivity index (χ1n) is 13.0. The minimum absolute atomic E-state index is 0.0259. The lowest BCUT2D eigenvalue weighted by molar-refractivity contribution is -0.140. The normalized spacial score (nSPS) is 19.0. The van der Waals surface area contributed by atoms with Gasteiger partial charge in [-0.15, -0.1) is 23.2 Å². The van der Waals surface area contributed by atoms with Crippen LogP contribution in [0.25, 0.3) is 0 Å². The minimum atomic E-state index is -5.00. The zero-order chi connectivity index (χ0) is 33.0. The fourth-order valence-corrected chi connectivity index (χ4v) is 5.90. The minimum Gasteiger partial charge on any atom is -0.326 e. The summed E-state index contributed by atoms with van der Waals surface area (Å²) in [4.78, 5) is 49.4. The number of hydrogen-bond acceptors (Lipinski definition) is 4. The third kappa shape index (κ3) is 6.47. The van der Waals surface area contributed by atoms with Gasteiger partial charge in [0.1, 0.15) is 27.4 Å². The van der Waals surface area contributed by atoms with E-state index in [4.69, 9.17) is 34.8 Å². The van der Waals surface area contributed by atoms with Gasteiger partial charge in [0, 0.05) is 24.4 Å². The Morgan fingerprint density at radius 3 is 2.16 bits per heavy atom. The molecule has 3 aromatic carbocycles. The Morgan fingerprint density at radius 1 is 0.844 bits per heavy atom. The molecular weight excluding hydrogens is 675 g/mol. The zero-order valence-electron chi connectivity index (χ0n) is 22.3. The maximum absolute atomic E-state index is 15.1. The second-order valence-corrected chi connectivity index (χ2v) is 12.3. The molecule has 0 spiro atoms. The molecule has 5 rings (SSSR count). The van der Waals surface area contributed by atoms with Crippen LogP contribution in [0.2, 0.25) is 5.02 Å². The van der Waals surface area contributed by atoms with Crippen molar-refractivity contribution < 1.29 is 45.5 Å². The summed E-state index contributed by atoms with van der Waals surface area (Å²) < 4.78 is 80.9. The van der Waals surface area contributed by atoms with Crippen LogP contribution in [-0.2, 0) is 20.6 Å². The Balaban J connectivity index is 1.31. The molecule has 2 saturated carbocycles. The van der Waals surface area contributed by atoms with Crippen LogP contribution in [0.4, 0.5) is 43.4 Å². The van der Waals surface area contributed by atoms with Crippen molar-refractivity contribution in [3.05, 3.63) is 87.7 Å². The molecule has 7 nitrogen and oxygen atoms in total. The maximum atomic E-state index is 15.1. The molecule has 0 aromatic heterocycles. The smallest absolute Gasteiger partial charge is 0.326 e. The van der Waals surface area contributed by atoms with Crippen LogP contribution < -0.4 is 16.0 Å². The average Bonchev–Trinajstić information content (AvgIpc) is 3.52. The van der Waals surface area contributed by atoms with Crippen molar-refractivity contribution >= 4 is 75.4 Å². The third-order valence-corrected chi connectivity index (χ3v) is 8.65. The quantitative estimate of drug-likeness (QED) is 0.177. The van der Waals surface area contributed by atoms with Gasteiger partial charge in [-0.1, -0.05) is 17.7 Å². The lowest BCUT2D eigenvalue weighted by Crippen LogP contribution is -2.35. The number of benzene rings is 3. The first-order chi connectivity index (χ1) is 21.0. The number of carbonyl (C=O) groups excluding carboxylic acids is 4. The Labute approximate surface area is 265 Å². The second-order valence-electron chi connectivity index (χ2n) is 10.4. The summed E-state index contributed by atoms with van der Waals surface area (Å²) in [5, 5.41) is 6.59. The molecule has 16 heteroatoms. The SMILES string of the molecule is O=C1CC(C(=O)Nc2c(F)ccc(NC(=O)c3cc(NC(=O)C4[C@H](c5ccc(F)c(C(F)(F)F)c5)C4(Cl)Cl)ccc3Cl)c2F)C1. The van der Waals surface area contributed by atoms with Gasteiger partial charge in [-0.05, 0) is 48.0 Å². The van der Waals surface area contributed by atoms with Crippen molar-refractivity contribution in [1.82, 2.24) is 0 Å². The Hall–Kier alpha value is -3.81. The number of alkyl halides is 5. The number of amides is 3. The first kappa shape index (κ1) is 32.6. The topological polar surface area (TPSA) is 104 Å². The van der Waals surface area contributed by atoms with Crippen molar-refractivity contribution in [3.8, 4) is 0 Å². The van der Waals surface area contributed by atoms with Crippen LogP contribution in [0.15, 0.2) is 48.5 Å². The first-order valence-corrected chi connectivity index (χ1v) is 14.1. The van der Waals surface area contributed by atoms with E-state index in [-0.39, 0.29) is 40.5 Å². The standard InChI is InChI=1S/C29H18Cl3F6N3O4/c30-17-3-2-13(39-27(45)22-21(28(22,31)32)11-1-4-18(33)16(9-11)29(36,37)38)10-15(17)26(44)40-20-6-5-19(34)24(23(20)35)41-25(43)12-7-14(42)8-12/h1-6,9-10,12,21-22H,7-8H2,(H,39,45)(H,40,44)(H,41,43)/t21-,22?/m0/s1. The van der Waals surface area contributed by atoms with E-state index in [1.165, 1.54) is 12.1 Å². The fourth-order valence-electron chi connectivity index (χ4n) is 4.87. The molecule has 3 N–H and O–H groups in total. The van der Waals surface area contributed by atoms with Gasteiger partial charge in [0.2, 0.25) is 11.8 Å². The van der Waals surface area contributed by atoms with Crippen molar-refractivity contribution in [2.75, 3.05) is 16.0 Å². The number of halogens is 9. The molecule has 0 bridgehead atoms. The highest BCUT2D eigenvalue weighted by Gasteiger charge is 2.67. The molecular formula is C29H18Cl3F6N3O4. The van der Waals surface area contributed by atoms with Crippen molar-refractivity contribution in [2.45, 2.75) is 29.3 Å². The molecule has 0 heterocycles. The predicted molar refractivity (Wildman–Crippen MR) is 153 cm³/mol. The van der Waals surface area contributed by atoms with Crippen LogP contribution in [-0.4, -0.2) is 27.8 Å². The molecule has 2 fully saturated rings. The van der Waals surface area contributed by atoms with E-state index in [2.05, 4.69) is 16.0 Å². The molecule has 2 aliphatic rings. The molecule has 0 radical (unpaired) electrons. The van der Waals surface area contributed by atoms with Crippen molar-refractivity contribution in [3.63, 3.8) is 0 Å². The highest BCUT2D eigenvalue weighted by molar-refractivity contribution is 6.53. The molecule has 3 amide bonds. The van der Waals surface area contributed by atoms with Gasteiger partial charge in [-0.2, -0.15) is 13.2 Å². The van der Waals surface area contributed by atoms with E-state index >= 15 is 4.39 Å². The number of ketones is 1. The van der Waals surface area contributed by atoms with Crippen molar-refractivity contribution in [1.29, 1.82) is 0 Å². The van der Waals surface area contributed by atoms with Gasteiger partial charge in [0.15, 0.2) is 5.82 Å². The van der Waals surface area contributed by atoms with E-state index in [0.717, 1.165) is 24.3 Å². The second kappa shape index (κ2) is 11.8. The molecule has 0 saturated heterocycles. The largest absolute Gasteiger partial charge is 0.419 e. The maximum Gasteiger partial charge on any atom is 0.419 e. The van der Waals surface area contributed by atoms with Crippen LogP contribution >= 0.6 is 34.8 Å². The Morgan fingerprint density at radius 2 is 1.51 bits per heavy atom. The number of hydrogen-bond donors (Lipinski definition) is 3. The summed E-state index contributed by atoms with van der Waals surface area (Å²) in [6.07, 6.45) is -5.11. The van der Waals surface area contributed by atoms with E-state index in [1.54, 1.807) is 0 Å². The van der Waals surface area contributed by atoms with Gasteiger partial charge < -0.3 is 16.0 Å². The van der Waals surface area contributed by atoms with Crippen LogP contribution in [0.5, 0.6) is 0 Å². The highest BCUT2D eigenvalue weighted by atomic mass is 35.5. The summed E-state index contributed by atoms with van der Waals surface area (Å²) in [5.41, 5.74) is -3.34. The molecule has 3 aromatic rings. The van der Waals surface area contributed by atoms with Crippen LogP contribution in [0.3, 0.4) is 0 Å². The summed E-state index contributed by atoms with van der Waals surface area (Å²) in [6.45, 7) is 0. The molecule has 236 valence electrons. The van der Waals surface area contributed by atoms with E-state index in [0.29, 0.717) is 12.1 Å². The zero-order valence-corrected chi connectivity index (χ0v) is 24.6. The van der Waals surface area contributed by atoms with Crippen LogP contribution in [0, 0.1) is 29.3 Å². The molecule has 45 heavy (non-hydrogen) atoms. The van der Waals surface area contributed by atoms with Gasteiger partial charge in [0.05, 0.1) is 33.7 Å². The molecule has 0 aliphatic heterocycles. The van der Waals surface area contributed by atoms with E-state index in [1.807, 2.05) is 0 Å². The summed E-state index contributed by atoms with van der Waals surface area (Å²) >= 11 is 18.6.